The Hall–Kier alpha value is -1.64. The highest BCUT2D eigenvalue weighted by atomic mass is 32.2. The molecule has 0 aliphatic carbocycles. The predicted octanol–water partition coefficient (Wildman–Crippen LogP) is 4.28. The molecule has 188 valence electrons. The van der Waals surface area contributed by atoms with Crippen LogP contribution < -0.4 is 10.1 Å². The van der Waals surface area contributed by atoms with Gasteiger partial charge in [0.05, 0.1) is 7.11 Å². The van der Waals surface area contributed by atoms with E-state index in [0.29, 0.717) is 25.2 Å². The topological polar surface area (TPSA) is 79.0 Å². The number of unbranched alkanes of at least 4 members (excludes halogenated alkanes) is 1. The lowest BCUT2D eigenvalue weighted by atomic mass is 9.78. The third kappa shape index (κ3) is 6.49. The van der Waals surface area contributed by atoms with Gasteiger partial charge in [-0.15, -0.1) is 0 Å². The first kappa shape index (κ1) is 27.6. The van der Waals surface area contributed by atoms with Crippen molar-refractivity contribution < 1.29 is 17.9 Å². The molecule has 1 heterocycles. The Kier molecular flexibility index (Phi) is 8.98. The van der Waals surface area contributed by atoms with Crippen LogP contribution in [0.25, 0.3) is 0 Å². The molecule has 0 unspecified atom stereocenters. The Morgan fingerprint density at radius 2 is 1.67 bits per heavy atom. The molecular weight excluding hydrogens is 438 g/mol. The molecule has 1 aromatic carbocycles. The third-order valence-corrected chi connectivity index (χ3v) is 8.43. The second-order valence-electron chi connectivity index (χ2n) is 10.3. The van der Waals surface area contributed by atoms with Crippen LogP contribution in [0.3, 0.4) is 0 Å². The van der Waals surface area contributed by atoms with Crippen LogP contribution in [-0.4, -0.2) is 67.4 Å². The molecule has 1 saturated heterocycles. The average molecular weight is 482 g/mol. The van der Waals surface area contributed by atoms with Gasteiger partial charge in [0, 0.05) is 42.3 Å². The molecule has 0 aromatic heterocycles. The standard InChI is InChI=1S/C25H43N3O4S/c1-9-12-15-28(20-17-24(4,5)26-25(6,7)18-20)23(29)19-13-14-21(32-8)22(16-19)33(30,31)27(10-2)11-3/h13-14,16,20,26H,9-12,15,17-18H2,1-8H3. The first-order valence-electron chi connectivity index (χ1n) is 12.1. The highest BCUT2D eigenvalue weighted by Crippen LogP contribution is 2.34. The number of ether oxygens (including phenoxy) is 1. The summed E-state index contributed by atoms with van der Waals surface area (Å²) in [7, 11) is -2.33. The van der Waals surface area contributed by atoms with Gasteiger partial charge in [0.25, 0.3) is 5.91 Å². The number of carbonyl (C=O) groups excluding carboxylic acids is 1. The van der Waals surface area contributed by atoms with Crippen molar-refractivity contribution in [2.45, 2.75) is 96.2 Å². The maximum absolute atomic E-state index is 13.8. The van der Waals surface area contributed by atoms with Crippen molar-refractivity contribution in [3.8, 4) is 5.75 Å². The van der Waals surface area contributed by atoms with E-state index < -0.39 is 10.0 Å². The van der Waals surface area contributed by atoms with Crippen molar-refractivity contribution in [2.24, 2.45) is 0 Å². The molecule has 1 N–H and O–H groups in total. The highest BCUT2D eigenvalue weighted by molar-refractivity contribution is 7.89. The van der Waals surface area contributed by atoms with Crippen LogP contribution in [0.4, 0.5) is 0 Å². The van der Waals surface area contributed by atoms with Crippen LogP contribution in [0.1, 0.15) is 84.5 Å². The van der Waals surface area contributed by atoms with Crippen molar-refractivity contribution in [1.29, 1.82) is 0 Å². The van der Waals surface area contributed by atoms with E-state index in [0.717, 1.165) is 25.7 Å². The Morgan fingerprint density at radius 3 is 2.15 bits per heavy atom. The van der Waals surface area contributed by atoms with Crippen LogP contribution in [-0.2, 0) is 10.0 Å². The summed E-state index contributed by atoms with van der Waals surface area (Å²) in [6.45, 7) is 15.8. The molecule has 0 atom stereocenters. The highest BCUT2D eigenvalue weighted by Gasteiger charge is 2.41. The van der Waals surface area contributed by atoms with Gasteiger partial charge in [-0.1, -0.05) is 27.2 Å². The number of methoxy groups -OCH3 is 1. The van der Waals surface area contributed by atoms with Gasteiger partial charge in [-0.05, 0) is 65.2 Å². The van der Waals surface area contributed by atoms with Gasteiger partial charge in [-0.2, -0.15) is 4.31 Å². The molecule has 33 heavy (non-hydrogen) atoms. The summed E-state index contributed by atoms with van der Waals surface area (Å²) in [6.07, 6.45) is 3.56. The molecule has 0 spiro atoms. The molecule has 1 aromatic rings. The maximum atomic E-state index is 13.8. The fourth-order valence-corrected chi connectivity index (χ4v) is 6.79. The number of sulfonamides is 1. The van der Waals surface area contributed by atoms with Crippen LogP contribution in [0.2, 0.25) is 0 Å². The molecule has 8 heteroatoms. The number of rotatable bonds is 10. The van der Waals surface area contributed by atoms with Crippen LogP contribution in [0.5, 0.6) is 5.75 Å². The molecule has 0 radical (unpaired) electrons. The van der Waals surface area contributed by atoms with E-state index in [1.165, 1.54) is 17.5 Å². The van der Waals surface area contributed by atoms with Gasteiger partial charge in [-0.25, -0.2) is 8.42 Å². The third-order valence-electron chi connectivity index (χ3n) is 6.36. The van der Waals surface area contributed by atoms with Gasteiger partial charge in [0.1, 0.15) is 10.6 Å². The molecule has 0 saturated carbocycles. The van der Waals surface area contributed by atoms with Gasteiger partial charge in [-0.3, -0.25) is 4.79 Å². The molecule has 1 aliphatic rings. The molecule has 2 rings (SSSR count). The second-order valence-corrected chi connectivity index (χ2v) is 12.2. The molecule has 1 fully saturated rings. The SMILES string of the molecule is CCCCN(C(=O)c1ccc(OC)c(S(=O)(=O)N(CC)CC)c1)C1CC(C)(C)NC(C)(C)C1. The van der Waals surface area contributed by atoms with Crippen LogP contribution >= 0.6 is 0 Å². The normalized spacial score (nSPS) is 18.3. The first-order valence-corrected chi connectivity index (χ1v) is 13.5. The Bertz CT molecular complexity index is 908. The molecular formula is C25H43N3O4S. The second kappa shape index (κ2) is 10.7. The van der Waals surface area contributed by atoms with E-state index in [-0.39, 0.29) is 33.7 Å². The van der Waals surface area contributed by atoms with Gasteiger partial charge < -0.3 is 15.0 Å². The number of nitrogens with one attached hydrogen (secondary N) is 1. The smallest absolute Gasteiger partial charge is 0.254 e. The van der Waals surface area contributed by atoms with E-state index in [1.54, 1.807) is 26.0 Å². The summed E-state index contributed by atoms with van der Waals surface area (Å²) in [6, 6.07) is 4.84. The zero-order valence-electron chi connectivity index (χ0n) is 21.7. The van der Waals surface area contributed by atoms with Crippen molar-refractivity contribution in [2.75, 3.05) is 26.7 Å². The van der Waals surface area contributed by atoms with E-state index >= 15 is 0 Å². The number of benzene rings is 1. The summed E-state index contributed by atoms with van der Waals surface area (Å²) in [5, 5.41) is 3.68. The Morgan fingerprint density at radius 1 is 1.09 bits per heavy atom. The number of hydrogen-bond donors (Lipinski definition) is 1. The van der Waals surface area contributed by atoms with E-state index in [2.05, 4.69) is 39.9 Å². The fourth-order valence-electron chi connectivity index (χ4n) is 5.15. The van der Waals surface area contributed by atoms with Gasteiger partial charge in [0.2, 0.25) is 10.0 Å². The Balaban J connectivity index is 2.51. The van der Waals surface area contributed by atoms with E-state index in [1.807, 2.05) is 4.90 Å². The molecule has 1 amide bonds. The fraction of sp³-hybridized carbons (Fsp3) is 0.720. The lowest BCUT2D eigenvalue weighted by Gasteiger charge is -2.49. The number of nitrogens with zero attached hydrogens (tertiary/aromatic N) is 2. The van der Waals surface area contributed by atoms with Crippen molar-refractivity contribution in [3.05, 3.63) is 23.8 Å². The van der Waals surface area contributed by atoms with E-state index in [4.69, 9.17) is 4.74 Å². The minimum absolute atomic E-state index is 0.0426. The van der Waals surface area contributed by atoms with Crippen LogP contribution in [0, 0.1) is 0 Å². The zero-order chi connectivity index (χ0) is 25.0. The minimum Gasteiger partial charge on any atom is -0.495 e. The number of hydrogen-bond acceptors (Lipinski definition) is 5. The molecule has 7 nitrogen and oxygen atoms in total. The average Bonchev–Trinajstić information content (AvgIpc) is 2.71. The molecule has 1 aliphatic heterocycles. The molecule has 0 bridgehead atoms. The monoisotopic (exact) mass is 481 g/mol. The summed E-state index contributed by atoms with van der Waals surface area (Å²) < 4.78 is 33.3. The number of piperidine rings is 1. The number of carbonyl (C=O) groups is 1. The minimum atomic E-state index is -3.78. The summed E-state index contributed by atoms with van der Waals surface area (Å²) in [5.74, 6) is 0.128. The van der Waals surface area contributed by atoms with Gasteiger partial charge >= 0.3 is 0 Å². The van der Waals surface area contributed by atoms with Crippen molar-refractivity contribution in [1.82, 2.24) is 14.5 Å². The predicted molar refractivity (Wildman–Crippen MR) is 133 cm³/mol. The number of amides is 1. The lowest BCUT2D eigenvalue weighted by Crippen LogP contribution is -2.62. The van der Waals surface area contributed by atoms with Crippen molar-refractivity contribution in [3.63, 3.8) is 0 Å². The van der Waals surface area contributed by atoms with Crippen molar-refractivity contribution >= 4 is 15.9 Å². The summed E-state index contributed by atoms with van der Waals surface area (Å²) in [4.78, 5) is 15.8. The van der Waals surface area contributed by atoms with E-state index in [9.17, 15) is 13.2 Å². The lowest BCUT2D eigenvalue weighted by molar-refractivity contribution is 0.0441. The maximum Gasteiger partial charge on any atom is 0.254 e. The Labute approximate surface area is 200 Å². The summed E-state index contributed by atoms with van der Waals surface area (Å²) in [5.41, 5.74) is 0.176. The largest absolute Gasteiger partial charge is 0.495 e. The summed E-state index contributed by atoms with van der Waals surface area (Å²) >= 11 is 0. The quantitative estimate of drug-likeness (QED) is 0.540. The van der Waals surface area contributed by atoms with Crippen LogP contribution in [0.15, 0.2) is 23.1 Å². The van der Waals surface area contributed by atoms with Gasteiger partial charge in [0.15, 0.2) is 0 Å². The zero-order valence-corrected chi connectivity index (χ0v) is 22.5. The first-order chi connectivity index (χ1) is 15.3.